The smallest absolute Gasteiger partial charge is 0.309 e. The zero-order valence-electron chi connectivity index (χ0n) is 15.4. The predicted octanol–water partition coefficient (Wildman–Crippen LogP) is 5.31. The number of carboxylic acids is 2. The largest absolute Gasteiger partial charge is 0.481 e. The molecule has 0 aliphatic carbocycles. The van der Waals surface area contributed by atoms with Gasteiger partial charge < -0.3 is 10.2 Å². The lowest BCUT2D eigenvalue weighted by Crippen LogP contribution is -2.33. The average Bonchev–Trinajstić information content (AvgIpc) is 2.59. The summed E-state index contributed by atoms with van der Waals surface area (Å²) in [4.78, 5) is 22.6. The molecule has 0 spiro atoms. The van der Waals surface area contributed by atoms with Crippen molar-refractivity contribution in [2.24, 2.45) is 5.41 Å². The highest BCUT2D eigenvalue weighted by atomic mass is 16.4. The van der Waals surface area contributed by atoms with E-state index in [-0.39, 0.29) is 6.42 Å². The van der Waals surface area contributed by atoms with Gasteiger partial charge >= 0.3 is 11.9 Å². The van der Waals surface area contributed by atoms with Crippen LogP contribution in [0.15, 0.2) is 30.3 Å². The first-order valence-electron chi connectivity index (χ1n) is 9.49. The molecule has 140 valence electrons. The first-order valence-corrected chi connectivity index (χ1v) is 9.49. The minimum Gasteiger partial charge on any atom is -0.481 e. The van der Waals surface area contributed by atoms with Crippen LogP contribution in [0.25, 0.3) is 0 Å². The lowest BCUT2D eigenvalue weighted by atomic mass is 9.73. The highest BCUT2D eigenvalue weighted by Gasteiger charge is 2.37. The molecule has 1 aromatic rings. The van der Waals surface area contributed by atoms with E-state index in [0.717, 1.165) is 44.1 Å². The fourth-order valence-electron chi connectivity index (χ4n) is 3.36. The average molecular weight is 348 g/mol. The molecule has 0 radical (unpaired) electrons. The maximum Gasteiger partial charge on any atom is 0.309 e. The summed E-state index contributed by atoms with van der Waals surface area (Å²) in [7, 11) is 0. The molecule has 2 N–H and O–H groups in total. The Morgan fingerprint density at radius 1 is 0.880 bits per heavy atom. The quantitative estimate of drug-likeness (QED) is 0.447. The van der Waals surface area contributed by atoms with E-state index in [1.807, 2.05) is 30.3 Å². The van der Waals surface area contributed by atoms with Crippen LogP contribution in [0, 0.1) is 5.41 Å². The molecule has 0 saturated carbocycles. The standard InChI is InChI=1S/C21H32O4/c1-2-3-15-21(20(24)25,17-18-12-8-7-9-13-18)16-11-6-4-5-10-14-19(22)23/h7-9,12-13H,2-6,10-11,14-17H2,1H3,(H,22,23)(H,24,25). The molecule has 0 bridgehead atoms. The second kappa shape index (κ2) is 11.7. The molecule has 0 aliphatic heterocycles. The Hall–Kier alpha value is -1.84. The van der Waals surface area contributed by atoms with E-state index >= 15 is 0 Å². The Kier molecular flexibility index (Phi) is 9.90. The van der Waals surface area contributed by atoms with Crippen molar-refractivity contribution in [1.29, 1.82) is 0 Å². The van der Waals surface area contributed by atoms with E-state index in [2.05, 4.69) is 6.92 Å². The molecule has 1 atom stereocenters. The zero-order valence-corrected chi connectivity index (χ0v) is 15.4. The third-order valence-corrected chi connectivity index (χ3v) is 4.89. The molecule has 4 heteroatoms. The van der Waals surface area contributed by atoms with Gasteiger partial charge in [0, 0.05) is 6.42 Å². The minimum absolute atomic E-state index is 0.226. The van der Waals surface area contributed by atoms with Crippen LogP contribution in [-0.2, 0) is 16.0 Å². The van der Waals surface area contributed by atoms with Crippen molar-refractivity contribution in [1.82, 2.24) is 0 Å². The maximum absolute atomic E-state index is 12.1. The third kappa shape index (κ3) is 8.19. The molecule has 0 saturated heterocycles. The number of hydrogen-bond acceptors (Lipinski definition) is 2. The van der Waals surface area contributed by atoms with Gasteiger partial charge in [-0.2, -0.15) is 0 Å². The van der Waals surface area contributed by atoms with Crippen molar-refractivity contribution < 1.29 is 19.8 Å². The second-order valence-electron chi connectivity index (χ2n) is 7.01. The molecule has 0 amide bonds. The summed E-state index contributed by atoms with van der Waals surface area (Å²) in [6, 6.07) is 9.90. The number of rotatable bonds is 14. The molecule has 0 aromatic heterocycles. The van der Waals surface area contributed by atoms with E-state index in [4.69, 9.17) is 5.11 Å². The number of hydrogen-bond donors (Lipinski definition) is 2. The van der Waals surface area contributed by atoms with Crippen LogP contribution in [-0.4, -0.2) is 22.2 Å². The monoisotopic (exact) mass is 348 g/mol. The molecule has 25 heavy (non-hydrogen) atoms. The van der Waals surface area contributed by atoms with Gasteiger partial charge in [0.2, 0.25) is 0 Å². The Balaban J connectivity index is 2.58. The van der Waals surface area contributed by atoms with Crippen LogP contribution in [0.1, 0.15) is 76.7 Å². The van der Waals surface area contributed by atoms with Gasteiger partial charge in [0.15, 0.2) is 0 Å². The Labute approximate surface area is 151 Å². The fourth-order valence-corrected chi connectivity index (χ4v) is 3.36. The Bertz CT molecular complexity index is 512. The summed E-state index contributed by atoms with van der Waals surface area (Å²) in [5, 5.41) is 18.6. The van der Waals surface area contributed by atoms with Crippen LogP contribution >= 0.6 is 0 Å². The summed E-state index contributed by atoms with van der Waals surface area (Å²) in [5.74, 6) is -1.43. The van der Waals surface area contributed by atoms with Crippen molar-refractivity contribution in [3.63, 3.8) is 0 Å². The SMILES string of the molecule is CCCCC(CCCCCCCC(=O)O)(Cc1ccccc1)C(=O)O. The van der Waals surface area contributed by atoms with Crippen molar-refractivity contribution in [2.45, 2.75) is 77.6 Å². The van der Waals surface area contributed by atoms with Gasteiger partial charge in [0.25, 0.3) is 0 Å². The summed E-state index contributed by atoms with van der Waals surface area (Å²) >= 11 is 0. The second-order valence-corrected chi connectivity index (χ2v) is 7.01. The van der Waals surface area contributed by atoms with Crippen molar-refractivity contribution >= 4 is 11.9 Å². The van der Waals surface area contributed by atoms with E-state index in [1.165, 1.54) is 0 Å². The summed E-state index contributed by atoms with van der Waals surface area (Å²) in [6.07, 6.45) is 8.58. The Morgan fingerprint density at radius 3 is 2.08 bits per heavy atom. The van der Waals surface area contributed by atoms with Gasteiger partial charge in [0.05, 0.1) is 5.41 Å². The van der Waals surface area contributed by atoms with Gasteiger partial charge in [0.1, 0.15) is 0 Å². The highest BCUT2D eigenvalue weighted by molar-refractivity contribution is 5.75. The highest BCUT2D eigenvalue weighted by Crippen LogP contribution is 2.36. The zero-order chi connectivity index (χ0) is 18.5. The molecule has 1 unspecified atom stereocenters. The number of carbonyl (C=O) groups is 2. The molecule has 0 fully saturated rings. The van der Waals surface area contributed by atoms with Crippen molar-refractivity contribution in [2.75, 3.05) is 0 Å². The number of carboxylic acid groups (broad SMARTS) is 2. The molecule has 0 aliphatic rings. The van der Waals surface area contributed by atoms with Gasteiger partial charge in [-0.15, -0.1) is 0 Å². The summed E-state index contributed by atoms with van der Waals surface area (Å²) in [5.41, 5.74) is 0.403. The first-order chi connectivity index (χ1) is 12.0. The molecule has 0 heterocycles. The van der Waals surface area contributed by atoms with Crippen LogP contribution in [0.2, 0.25) is 0 Å². The van der Waals surface area contributed by atoms with Crippen LogP contribution in [0.5, 0.6) is 0 Å². The fraction of sp³-hybridized carbons (Fsp3) is 0.619. The molecule has 1 aromatic carbocycles. The first kappa shape index (κ1) is 21.2. The molecule has 4 nitrogen and oxygen atoms in total. The molecule has 1 rings (SSSR count). The van der Waals surface area contributed by atoms with Gasteiger partial charge in [-0.1, -0.05) is 75.8 Å². The van der Waals surface area contributed by atoms with E-state index in [0.29, 0.717) is 25.7 Å². The Morgan fingerprint density at radius 2 is 1.48 bits per heavy atom. The number of unbranched alkanes of at least 4 members (excludes halogenated alkanes) is 5. The molecular weight excluding hydrogens is 316 g/mol. The van der Waals surface area contributed by atoms with Crippen LogP contribution in [0.4, 0.5) is 0 Å². The van der Waals surface area contributed by atoms with Gasteiger partial charge in [-0.05, 0) is 31.2 Å². The lowest BCUT2D eigenvalue weighted by molar-refractivity contribution is -0.150. The third-order valence-electron chi connectivity index (χ3n) is 4.89. The van der Waals surface area contributed by atoms with Gasteiger partial charge in [-0.25, -0.2) is 0 Å². The minimum atomic E-state index is -0.743. The normalized spacial score (nSPS) is 13.3. The summed E-state index contributed by atoms with van der Waals surface area (Å²) in [6.45, 7) is 2.09. The van der Waals surface area contributed by atoms with E-state index in [9.17, 15) is 14.7 Å². The lowest BCUT2D eigenvalue weighted by Gasteiger charge is -2.30. The predicted molar refractivity (Wildman–Crippen MR) is 99.7 cm³/mol. The number of benzene rings is 1. The van der Waals surface area contributed by atoms with Crippen LogP contribution < -0.4 is 0 Å². The number of aliphatic carboxylic acids is 2. The van der Waals surface area contributed by atoms with Crippen molar-refractivity contribution in [3.05, 3.63) is 35.9 Å². The van der Waals surface area contributed by atoms with Crippen molar-refractivity contribution in [3.8, 4) is 0 Å². The maximum atomic E-state index is 12.1. The van der Waals surface area contributed by atoms with E-state index in [1.54, 1.807) is 0 Å². The van der Waals surface area contributed by atoms with Gasteiger partial charge in [-0.3, -0.25) is 9.59 Å². The molecular formula is C21H32O4. The summed E-state index contributed by atoms with van der Waals surface area (Å²) < 4.78 is 0. The topological polar surface area (TPSA) is 74.6 Å². The van der Waals surface area contributed by atoms with E-state index < -0.39 is 17.4 Å². The van der Waals surface area contributed by atoms with Crippen LogP contribution in [0.3, 0.4) is 0 Å².